The molecule has 126 valence electrons. The Morgan fingerprint density at radius 2 is 2.04 bits per heavy atom. The summed E-state index contributed by atoms with van der Waals surface area (Å²) in [5, 5.41) is 14.5. The van der Waals surface area contributed by atoms with Crippen LogP contribution in [0.5, 0.6) is 0 Å². The molecule has 1 saturated heterocycles. The van der Waals surface area contributed by atoms with Crippen molar-refractivity contribution < 1.29 is 9.59 Å². The molecule has 1 aromatic carbocycles. The van der Waals surface area contributed by atoms with Crippen LogP contribution < -0.4 is 5.32 Å². The second kappa shape index (κ2) is 6.77. The third-order valence-corrected chi connectivity index (χ3v) is 4.31. The van der Waals surface area contributed by atoms with Gasteiger partial charge in [0.1, 0.15) is 0 Å². The van der Waals surface area contributed by atoms with Gasteiger partial charge in [0, 0.05) is 13.5 Å². The summed E-state index contributed by atoms with van der Waals surface area (Å²) in [6.45, 7) is 0.225. The fourth-order valence-corrected chi connectivity index (χ4v) is 3.11. The molecular formula is C16H20N6O2. The lowest BCUT2D eigenvalue weighted by Crippen LogP contribution is -2.46. The summed E-state index contributed by atoms with van der Waals surface area (Å²) in [5.74, 6) is 0.119. The fourth-order valence-electron chi connectivity index (χ4n) is 3.11. The van der Waals surface area contributed by atoms with Gasteiger partial charge in [0.05, 0.1) is 25.6 Å². The minimum atomic E-state index is -0.299. The zero-order chi connectivity index (χ0) is 17.1. The second-order valence-electron chi connectivity index (χ2n) is 5.92. The van der Waals surface area contributed by atoms with E-state index in [1.807, 2.05) is 30.3 Å². The van der Waals surface area contributed by atoms with Gasteiger partial charge >= 0.3 is 0 Å². The predicted molar refractivity (Wildman–Crippen MR) is 85.3 cm³/mol. The third kappa shape index (κ3) is 3.27. The van der Waals surface area contributed by atoms with Crippen LogP contribution in [0.2, 0.25) is 0 Å². The monoisotopic (exact) mass is 328 g/mol. The van der Waals surface area contributed by atoms with Gasteiger partial charge in [-0.3, -0.25) is 9.59 Å². The molecule has 2 aromatic rings. The van der Waals surface area contributed by atoms with Crippen LogP contribution >= 0.6 is 0 Å². The van der Waals surface area contributed by atoms with Crippen molar-refractivity contribution in [3.05, 3.63) is 41.7 Å². The average molecular weight is 328 g/mol. The third-order valence-electron chi connectivity index (χ3n) is 4.31. The first-order chi connectivity index (χ1) is 11.6. The first-order valence-electron chi connectivity index (χ1n) is 7.87. The summed E-state index contributed by atoms with van der Waals surface area (Å²) in [6.07, 6.45) is 0.907. The number of carbonyl (C=O) groups excluding carboxylic acids is 2. The number of piperidine rings is 1. The van der Waals surface area contributed by atoms with Crippen LogP contribution in [0.3, 0.4) is 0 Å². The van der Waals surface area contributed by atoms with E-state index in [0.717, 1.165) is 5.56 Å². The van der Waals surface area contributed by atoms with E-state index in [1.54, 1.807) is 19.0 Å². The molecule has 0 spiro atoms. The number of nitrogens with one attached hydrogen (secondary N) is 1. The Labute approximate surface area is 139 Å². The molecular weight excluding hydrogens is 308 g/mol. The Morgan fingerprint density at radius 3 is 2.71 bits per heavy atom. The summed E-state index contributed by atoms with van der Waals surface area (Å²) in [7, 11) is 3.43. The maximum atomic E-state index is 12.7. The van der Waals surface area contributed by atoms with Crippen molar-refractivity contribution in [2.75, 3.05) is 7.05 Å². The van der Waals surface area contributed by atoms with Gasteiger partial charge in [-0.2, -0.15) is 4.80 Å². The highest BCUT2D eigenvalue weighted by atomic mass is 16.2. The van der Waals surface area contributed by atoms with Gasteiger partial charge in [0.15, 0.2) is 5.82 Å². The number of nitrogens with zero attached hydrogens (tertiary/aromatic N) is 5. The van der Waals surface area contributed by atoms with E-state index in [2.05, 4.69) is 20.7 Å². The first kappa shape index (κ1) is 16.1. The fraction of sp³-hybridized carbons (Fsp3) is 0.438. The van der Waals surface area contributed by atoms with Crippen molar-refractivity contribution in [3.63, 3.8) is 0 Å². The molecule has 0 bridgehead atoms. The standard InChI is InChI=1S/C16H20N6O2/c1-21-14(23)9-8-12(15(21)11-6-4-3-5-7-11)16(24)17-10-13-18-20-22(2)19-13/h3-7,12,15H,8-10H2,1-2H3,(H,17,24)/t12-,15+/m0/s1. The van der Waals surface area contributed by atoms with Gasteiger partial charge in [-0.15, -0.1) is 10.2 Å². The SMILES string of the molecule is CN1C(=O)CC[C@H](C(=O)NCc2nnn(C)n2)[C@H]1c1ccccc1. The summed E-state index contributed by atoms with van der Waals surface area (Å²) in [4.78, 5) is 27.8. The molecule has 0 saturated carbocycles. The van der Waals surface area contributed by atoms with Gasteiger partial charge < -0.3 is 10.2 Å². The number of carbonyl (C=O) groups is 2. The van der Waals surface area contributed by atoms with Crippen LogP contribution in [0.1, 0.15) is 30.3 Å². The van der Waals surface area contributed by atoms with Crippen LogP contribution in [0.15, 0.2) is 30.3 Å². The quantitative estimate of drug-likeness (QED) is 0.879. The zero-order valence-electron chi connectivity index (χ0n) is 13.7. The molecule has 2 atom stereocenters. The Hall–Kier alpha value is -2.77. The zero-order valence-corrected chi connectivity index (χ0v) is 13.7. The lowest BCUT2D eigenvalue weighted by atomic mass is 9.84. The van der Waals surface area contributed by atoms with Crippen molar-refractivity contribution in [2.24, 2.45) is 13.0 Å². The molecule has 1 aliphatic heterocycles. The normalized spacial score (nSPS) is 20.9. The highest BCUT2D eigenvalue weighted by Crippen LogP contribution is 2.35. The molecule has 3 rings (SSSR count). The average Bonchev–Trinajstić information content (AvgIpc) is 3.01. The van der Waals surface area contributed by atoms with Crippen molar-refractivity contribution in [2.45, 2.75) is 25.4 Å². The maximum Gasteiger partial charge on any atom is 0.225 e. The number of rotatable bonds is 4. The maximum absolute atomic E-state index is 12.7. The molecule has 1 aliphatic rings. The number of aryl methyl sites for hydroxylation is 1. The van der Waals surface area contributed by atoms with Crippen molar-refractivity contribution in [1.82, 2.24) is 30.4 Å². The Morgan fingerprint density at radius 1 is 1.29 bits per heavy atom. The molecule has 1 fully saturated rings. The smallest absolute Gasteiger partial charge is 0.225 e. The molecule has 24 heavy (non-hydrogen) atoms. The van der Waals surface area contributed by atoms with Crippen molar-refractivity contribution in [3.8, 4) is 0 Å². The summed E-state index contributed by atoms with van der Waals surface area (Å²) in [6, 6.07) is 9.39. The Balaban J connectivity index is 1.76. The number of likely N-dealkylation sites (tertiary alicyclic amines) is 1. The number of amides is 2. The van der Waals surface area contributed by atoms with Crippen LogP contribution in [0, 0.1) is 5.92 Å². The molecule has 2 heterocycles. The van der Waals surface area contributed by atoms with Gasteiger partial charge in [-0.05, 0) is 17.2 Å². The molecule has 0 radical (unpaired) electrons. The highest BCUT2D eigenvalue weighted by molar-refractivity contribution is 5.84. The lowest BCUT2D eigenvalue weighted by Gasteiger charge is -2.38. The van der Waals surface area contributed by atoms with E-state index in [4.69, 9.17) is 0 Å². The molecule has 1 aromatic heterocycles. The van der Waals surface area contributed by atoms with Crippen LogP contribution in [-0.2, 0) is 23.2 Å². The van der Waals surface area contributed by atoms with Gasteiger partial charge in [0.2, 0.25) is 11.8 Å². The van der Waals surface area contributed by atoms with Crippen LogP contribution in [0.4, 0.5) is 0 Å². The molecule has 0 unspecified atom stereocenters. The molecule has 1 N–H and O–H groups in total. The lowest BCUT2D eigenvalue weighted by molar-refractivity contribution is -0.141. The topological polar surface area (TPSA) is 93.0 Å². The van der Waals surface area contributed by atoms with E-state index in [-0.39, 0.29) is 30.3 Å². The minimum absolute atomic E-state index is 0.0588. The summed E-state index contributed by atoms with van der Waals surface area (Å²) >= 11 is 0. The van der Waals surface area contributed by atoms with Crippen LogP contribution in [-0.4, -0.2) is 44.0 Å². The van der Waals surface area contributed by atoms with Gasteiger partial charge in [0.25, 0.3) is 0 Å². The van der Waals surface area contributed by atoms with Gasteiger partial charge in [-0.25, -0.2) is 0 Å². The number of benzene rings is 1. The summed E-state index contributed by atoms with van der Waals surface area (Å²) in [5.41, 5.74) is 0.964. The number of aromatic nitrogens is 4. The molecule has 2 amide bonds. The summed E-state index contributed by atoms with van der Waals surface area (Å²) < 4.78 is 0. The highest BCUT2D eigenvalue weighted by Gasteiger charge is 2.38. The van der Waals surface area contributed by atoms with Crippen LogP contribution in [0.25, 0.3) is 0 Å². The number of hydrogen-bond donors (Lipinski definition) is 1. The first-order valence-corrected chi connectivity index (χ1v) is 7.87. The predicted octanol–water partition coefficient (Wildman–Crippen LogP) is 0.436. The number of hydrogen-bond acceptors (Lipinski definition) is 5. The van der Waals surface area contributed by atoms with Gasteiger partial charge in [-0.1, -0.05) is 30.3 Å². The molecule has 8 nitrogen and oxygen atoms in total. The minimum Gasteiger partial charge on any atom is -0.348 e. The van der Waals surface area contributed by atoms with E-state index in [0.29, 0.717) is 18.7 Å². The molecule has 8 heteroatoms. The second-order valence-corrected chi connectivity index (χ2v) is 5.92. The largest absolute Gasteiger partial charge is 0.348 e. The Bertz CT molecular complexity index is 729. The van der Waals surface area contributed by atoms with E-state index >= 15 is 0 Å². The van der Waals surface area contributed by atoms with E-state index in [9.17, 15) is 9.59 Å². The van der Waals surface area contributed by atoms with Crippen molar-refractivity contribution in [1.29, 1.82) is 0 Å². The van der Waals surface area contributed by atoms with Crippen molar-refractivity contribution >= 4 is 11.8 Å². The Kier molecular flexibility index (Phi) is 4.54. The molecule has 0 aliphatic carbocycles. The van der Waals surface area contributed by atoms with E-state index in [1.165, 1.54) is 4.80 Å². The van der Waals surface area contributed by atoms with E-state index < -0.39 is 0 Å². The number of tetrazole rings is 1.